The number of hydrogen-bond acceptors (Lipinski definition) is 5. The molecule has 3 N–H and O–H groups in total. The minimum atomic E-state index is -0.366. The summed E-state index contributed by atoms with van der Waals surface area (Å²) in [6.45, 7) is 0. The molecule has 22 heavy (non-hydrogen) atoms. The molecule has 0 spiro atoms. The Morgan fingerprint density at radius 2 is 1.86 bits per heavy atom. The SMILES string of the molecule is COc1ccc(C=NNC(=O)c2ccccc2N)cc1OC. The summed E-state index contributed by atoms with van der Waals surface area (Å²) in [7, 11) is 3.12. The number of rotatable bonds is 5. The van der Waals surface area contributed by atoms with Crippen molar-refractivity contribution in [3.8, 4) is 11.5 Å². The highest BCUT2D eigenvalue weighted by molar-refractivity contribution is 5.99. The fraction of sp³-hybridized carbons (Fsp3) is 0.125. The van der Waals surface area contributed by atoms with Gasteiger partial charge in [-0.2, -0.15) is 5.10 Å². The van der Waals surface area contributed by atoms with Crippen molar-refractivity contribution in [2.75, 3.05) is 20.0 Å². The first kappa shape index (κ1) is 15.4. The molecule has 0 bridgehead atoms. The first-order valence-electron chi connectivity index (χ1n) is 6.55. The lowest BCUT2D eigenvalue weighted by Crippen LogP contribution is -2.19. The molecule has 1 amide bonds. The smallest absolute Gasteiger partial charge is 0.273 e. The van der Waals surface area contributed by atoms with Gasteiger partial charge in [0, 0.05) is 5.69 Å². The van der Waals surface area contributed by atoms with Crippen LogP contribution in [-0.2, 0) is 0 Å². The summed E-state index contributed by atoms with van der Waals surface area (Å²) in [5.74, 6) is 0.848. The standard InChI is InChI=1S/C16H17N3O3/c1-21-14-8-7-11(9-15(14)22-2)10-18-19-16(20)12-5-3-4-6-13(12)17/h3-10H,17H2,1-2H3,(H,19,20). The lowest BCUT2D eigenvalue weighted by Gasteiger charge is -2.07. The van der Waals surface area contributed by atoms with Gasteiger partial charge in [0.05, 0.1) is 26.0 Å². The number of hydrazone groups is 1. The van der Waals surface area contributed by atoms with Crippen LogP contribution in [0, 0.1) is 0 Å². The van der Waals surface area contributed by atoms with E-state index in [9.17, 15) is 4.79 Å². The zero-order valence-electron chi connectivity index (χ0n) is 12.4. The number of nitrogen functional groups attached to an aromatic ring is 1. The molecule has 6 heteroatoms. The average molecular weight is 299 g/mol. The largest absolute Gasteiger partial charge is 0.493 e. The van der Waals surface area contributed by atoms with Gasteiger partial charge in [0.15, 0.2) is 11.5 Å². The Kier molecular flexibility index (Phi) is 4.98. The van der Waals surface area contributed by atoms with E-state index in [4.69, 9.17) is 15.2 Å². The number of carbonyl (C=O) groups excluding carboxylic acids is 1. The number of nitrogens with one attached hydrogen (secondary N) is 1. The molecule has 2 rings (SSSR count). The molecule has 0 radical (unpaired) electrons. The van der Waals surface area contributed by atoms with E-state index in [1.165, 1.54) is 6.21 Å². The van der Waals surface area contributed by atoms with Crippen LogP contribution in [0.2, 0.25) is 0 Å². The van der Waals surface area contributed by atoms with E-state index in [0.717, 1.165) is 5.56 Å². The van der Waals surface area contributed by atoms with Crippen molar-refractivity contribution in [1.82, 2.24) is 5.43 Å². The number of ether oxygens (including phenoxy) is 2. The fourth-order valence-electron chi connectivity index (χ4n) is 1.86. The lowest BCUT2D eigenvalue weighted by molar-refractivity contribution is 0.0956. The van der Waals surface area contributed by atoms with Crippen LogP contribution in [0.15, 0.2) is 47.6 Å². The Balaban J connectivity index is 2.07. The number of para-hydroxylation sites is 1. The highest BCUT2D eigenvalue weighted by Crippen LogP contribution is 2.26. The molecule has 0 fully saturated rings. The third kappa shape index (κ3) is 3.54. The second-order valence-electron chi connectivity index (χ2n) is 4.40. The van der Waals surface area contributed by atoms with E-state index in [-0.39, 0.29) is 5.91 Å². The Labute approximate surface area is 128 Å². The van der Waals surface area contributed by atoms with Gasteiger partial charge in [0.2, 0.25) is 0 Å². The Bertz CT molecular complexity index is 699. The summed E-state index contributed by atoms with van der Waals surface area (Å²) in [6.07, 6.45) is 1.51. The molecule has 0 aliphatic heterocycles. The monoisotopic (exact) mass is 299 g/mol. The predicted octanol–water partition coefficient (Wildman–Crippen LogP) is 2.05. The van der Waals surface area contributed by atoms with Crippen molar-refractivity contribution in [3.05, 3.63) is 53.6 Å². The van der Waals surface area contributed by atoms with Crippen LogP contribution in [-0.4, -0.2) is 26.3 Å². The second kappa shape index (κ2) is 7.12. The normalized spacial score (nSPS) is 10.5. The third-order valence-electron chi connectivity index (χ3n) is 2.99. The van der Waals surface area contributed by atoms with E-state index in [2.05, 4.69) is 10.5 Å². The van der Waals surface area contributed by atoms with Crippen LogP contribution in [0.4, 0.5) is 5.69 Å². The molecular weight excluding hydrogens is 282 g/mol. The number of carbonyl (C=O) groups is 1. The van der Waals surface area contributed by atoms with E-state index in [1.807, 2.05) is 0 Å². The van der Waals surface area contributed by atoms with Gasteiger partial charge in [-0.05, 0) is 35.9 Å². The minimum Gasteiger partial charge on any atom is -0.493 e. The van der Waals surface area contributed by atoms with Crippen LogP contribution < -0.4 is 20.6 Å². The lowest BCUT2D eigenvalue weighted by atomic mass is 10.2. The van der Waals surface area contributed by atoms with Gasteiger partial charge in [-0.15, -0.1) is 0 Å². The topological polar surface area (TPSA) is 85.9 Å². The molecule has 0 saturated heterocycles. The summed E-state index contributed by atoms with van der Waals surface area (Å²) in [4.78, 5) is 11.9. The van der Waals surface area contributed by atoms with Crippen LogP contribution in [0.1, 0.15) is 15.9 Å². The zero-order valence-corrected chi connectivity index (χ0v) is 12.4. The van der Waals surface area contributed by atoms with E-state index < -0.39 is 0 Å². The van der Waals surface area contributed by atoms with E-state index in [1.54, 1.807) is 56.7 Å². The number of nitrogens with two attached hydrogens (primary N) is 1. The Morgan fingerprint density at radius 3 is 2.55 bits per heavy atom. The molecule has 0 aromatic heterocycles. The molecule has 0 saturated carbocycles. The highest BCUT2D eigenvalue weighted by Gasteiger charge is 2.07. The molecular formula is C16H17N3O3. The van der Waals surface area contributed by atoms with Gasteiger partial charge in [0.25, 0.3) is 5.91 Å². The summed E-state index contributed by atoms with van der Waals surface area (Å²) < 4.78 is 10.4. The number of amides is 1. The molecule has 2 aromatic carbocycles. The zero-order chi connectivity index (χ0) is 15.9. The summed E-state index contributed by atoms with van der Waals surface area (Å²) in [6, 6.07) is 12.1. The fourth-order valence-corrected chi connectivity index (χ4v) is 1.86. The van der Waals surface area contributed by atoms with Crippen molar-refractivity contribution in [1.29, 1.82) is 0 Å². The number of anilines is 1. The average Bonchev–Trinajstić information content (AvgIpc) is 2.55. The van der Waals surface area contributed by atoms with Crippen molar-refractivity contribution in [3.63, 3.8) is 0 Å². The number of nitrogens with zero attached hydrogens (tertiary/aromatic N) is 1. The van der Waals surface area contributed by atoms with Gasteiger partial charge in [-0.1, -0.05) is 12.1 Å². The summed E-state index contributed by atoms with van der Waals surface area (Å²) in [5.41, 5.74) is 9.71. The molecule has 0 aliphatic rings. The van der Waals surface area contributed by atoms with Gasteiger partial charge < -0.3 is 15.2 Å². The molecule has 0 atom stereocenters. The second-order valence-corrected chi connectivity index (χ2v) is 4.40. The van der Waals surface area contributed by atoms with Crippen molar-refractivity contribution >= 4 is 17.8 Å². The summed E-state index contributed by atoms with van der Waals surface area (Å²) >= 11 is 0. The van der Waals surface area contributed by atoms with Crippen LogP contribution in [0.3, 0.4) is 0 Å². The van der Waals surface area contributed by atoms with Crippen molar-refractivity contribution in [2.45, 2.75) is 0 Å². The minimum absolute atomic E-state index is 0.366. The van der Waals surface area contributed by atoms with Crippen LogP contribution >= 0.6 is 0 Å². The van der Waals surface area contributed by atoms with Gasteiger partial charge in [-0.25, -0.2) is 5.43 Å². The van der Waals surface area contributed by atoms with Crippen LogP contribution in [0.25, 0.3) is 0 Å². The molecule has 114 valence electrons. The predicted molar refractivity (Wildman–Crippen MR) is 85.5 cm³/mol. The van der Waals surface area contributed by atoms with Gasteiger partial charge >= 0.3 is 0 Å². The van der Waals surface area contributed by atoms with Gasteiger partial charge in [-0.3, -0.25) is 4.79 Å². The maximum atomic E-state index is 11.9. The first-order valence-corrected chi connectivity index (χ1v) is 6.55. The Morgan fingerprint density at radius 1 is 1.14 bits per heavy atom. The molecule has 6 nitrogen and oxygen atoms in total. The molecule has 0 unspecified atom stereocenters. The van der Waals surface area contributed by atoms with Crippen LogP contribution in [0.5, 0.6) is 11.5 Å². The van der Waals surface area contributed by atoms with E-state index in [0.29, 0.717) is 22.7 Å². The van der Waals surface area contributed by atoms with E-state index >= 15 is 0 Å². The first-order chi connectivity index (χ1) is 10.7. The molecule has 2 aromatic rings. The number of hydrogen-bond donors (Lipinski definition) is 2. The Hall–Kier alpha value is -3.02. The highest BCUT2D eigenvalue weighted by atomic mass is 16.5. The quantitative estimate of drug-likeness (QED) is 0.502. The van der Waals surface area contributed by atoms with Gasteiger partial charge in [0.1, 0.15) is 0 Å². The third-order valence-corrected chi connectivity index (χ3v) is 2.99. The number of methoxy groups -OCH3 is 2. The maximum Gasteiger partial charge on any atom is 0.273 e. The molecule has 0 heterocycles. The number of benzene rings is 2. The van der Waals surface area contributed by atoms with Crippen molar-refractivity contribution < 1.29 is 14.3 Å². The molecule has 0 aliphatic carbocycles. The van der Waals surface area contributed by atoms with Crippen molar-refractivity contribution in [2.24, 2.45) is 5.10 Å². The summed E-state index contributed by atoms with van der Waals surface area (Å²) in [5, 5.41) is 3.91. The maximum absolute atomic E-state index is 11.9.